The number of hydrogen-bond donors (Lipinski definition) is 0. The summed E-state index contributed by atoms with van der Waals surface area (Å²) in [7, 11) is 0. The molecule has 1 aliphatic carbocycles. The number of hydrogen-bond acceptors (Lipinski definition) is 2. The summed E-state index contributed by atoms with van der Waals surface area (Å²) in [5.74, 6) is 0. The first-order valence-corrected chi connectivity index (χ1v) is 7.36. The number of benzene rings is 3. The monoisotopic (exact) mass is 285 g/mol. The van der Waals surface area contributed by atoms with Crippen molar-refractivity contribution in [1.82, 2.24) is 4.98 Å². The summed E-state index contributed by atoms with van der Waals surface area (Å²) in [4.78, 5) is 3.95. The van der Waals surface area contributed by atoms with Gasteiger partial charge < -0.3 is 4.42 Å². The minimum atomic E-state index is 0.845. The van der Waals surface area contributed by atoms with E-state index in [2.05, 4.69) is 53.5 Å². The summed E-state index contributed by atoms with van der Waals surface area (Å²) in [6.07, 6.45) is 2.55. The second-order valence-corrected chi connectivity index (χ2v) is 5.31. The molecule has 0 saturated carbocycles. The highest BCUT2D eigenvalue weighted by molar-refractivity contribution is 5.76. The molecule has 2 nitrogen and oxygen atoms in total. The third-order valence-electron chi connectivity index (χ3n) is 3.94. The molecule has 0 bridgehead atoms. The SMILES string of the molecule is c1ccc2c(c1)Cc1ccccc1-2.c1ccc2ocnc2c1. The third kappa shape index (κ3) is 2.29. The van der Waals surface area contributed by atoms with Crippen LogP contribution >= 0.6 is 0 Å². The molecule has 1 aromatic heterocycles. The highest BCUT2D eigenvalue weighted by Gasteiger charge is 2.15. The van der Waals surface area contributed by atoms with E-state index in [1.807, 2.05) is 24.3 Å². The zero-order valence-electron chi connectivity index (χ0n) is 12.1. The predicted molar refractivity (Wildman–Crippen MR) is 88.7 cm³/mol. The fourth-order valence-electron chi connectivity index (χ4n) is 2.88. The first-order chi connectivity index (χ1) is 10.9. The van der Waals surface area contributed by atoms with Gasteiger partial charge in [-0.25, -0.2) is 4.98 Å². The molecule has 1 aliphatic rings. The van der Waals surface area contributed by atoms with Crippen LogP contribution in [0.3, 0.4) is 0 Å². The van der Waals surface area contributed by atoms with E-state index in [0.717, 1.165) is 17.5 Å². The second-order valence-electron chi connectivity index (χ2n) is 5.31. The van der Waals surface area contributed by atoms with Crippen LogP contribution in [0.15, 0.2) is 83.6 Å². The molecule has 0 aliphatic heterocycles. The number of fused-ring (bicyclic) bond motifs is 4. The number of aromatic nitrogens is 1. The van der Waals surface area contributed by atoms with Crippen LogP contribution < -0.4 is 0 Å². The van der Waals surface area contributed by atoms with E-state index in [1.54, 1.807) is 0 Å². The lowest BCUT2D eigenvalue weighted by atomic mass is 10.1. The summed E-state index contributed by atoms with van der Waals surface area (Å²) in [5, 5.41) is 0. The van der Waals surface area contributed by atoms with Crippen LogP contribution in [0.5, 0.6) is 0 Å². The zero-order chi connectivity index (χ0) is 14.8. The fourth-order valence-corrected chi connectivity index (χ4v) is 2.88. The van der Waals surface area contributed by atoms with E-state index >= 15 is 0 Å². The van der Waals surface area contributed by atoms with Gasteiger partial charge in [-0.3, -0.25) is 0 Å². The predicted octanol–water partition coefficient (Wildman–Crippen LogP) is 5.09. The van der Waals surface area contributed by atoms with Crippen LogP contribution in [0, 0.1) is 0 Å². The van der Waals surface area contributed by atoms with Gasteiger partial charge in [-0.1, -0.05) is 60.7 Å². The van der Waals surface area contributed by atoms with Crippen LogP contribution in [-0.2, 0) is 6.42 Å². The molecule has 22 heavy (non-hydrogen) atoms. The van der Waals surface area contributed by atoms with Gasteiger partial charge in [0.25, 0.3) is 0 Å². The Morgan fingerprint density at radius 1 is 0.682 bits per heavy atom. The largest absolute Gasteiger partial charge is 0.443 e. The lowest BCUT2D eigenvalue weighted by molar-refractivity contribution is 0.602. The maximum Gasteiger partial charge on any atom is 0.181 e. The van der Waals surface area contributed by atoms with Gasteiger partial charge in [0.2, 0.25) is 0 Å². The minimum absolute atomic E-state index is 0.845. The molecule has 0 amide bonds. The smallest absolute Gasteiger partial charge is 0.181 e. The van der Waals surface area contributed by atoms with Crippen molar-refractivity contribution in [3.8, 4) is 11.1 Å². The standard InChI is InChI=1S/C13H10.C7H5NO/c1-3-7-12-10(5-1)9-11-6-2-4-8-13(11)12;1-2-4-7-6(3-1)8-5-9-7/h1-8H,9H2;1-5H. The summed E-state index contributed by atoms with van der Waals surface area (Å²) in [6, 6.07) is 25.0. The first-order valence-electron chi connectivity index (χ1n) is 7.36. The molecule has 0 N–H and O–H groups in total. The molecule has 0 saturated heterocycles. The number of oxazole rings is 1. The molecule has 4 aromatic rings. The molecule has 106 valence electrons. The van der Waals surface area contributed by atoms with Crippen LogP contribution in [0.4, 0.5) is 0 Å². The Morgan fingerprint density at radius 2 is 1.27 bits per heavy atom. The van der Waals surface area contributed by atoms with Crippen molar-refractivity contribution in [3.63, 3.8) is 0 Å². The van der Waals surface area contributed by atoms with Crippen LogP contribution in [0.2, 0.25) is 0 Å². The molecular weight excluding hydrogens is 270 g/mol. The van der Waals surface area contributed by atoms with E-state index < -0.39 is 0 Å². The molecular formula is C20H15NO. The molecule has 2 heteroatoms. The fraction of sp³-hybridized carbons (Fsp3) is 0.0500. The van der Waals surface area contributed by atoms with Gasteiger partial charge >= 0.3 is 0 Å². The first kappa shape index (κ1) is 12.8. The average molecular weight is 285 g/mol. The Balaban J connectivity index is 0.000000122. The summed E-state index contributed by atoms with van der Waals surface area (Å²) in [6.45, 7) is 0. The Kier molecular flexibility index (Phi) is 3.20. The Labute approximate surface area is 129 Å². The lowest BCUT2D eigenvalue weighted by Crippen LogP contribution is -1.77. The summed E-state index contributed by atoms with van der Waals surface area (Å²) < 4.78 is 5.01. The van der Waals surface area contributed by atoms with E-state index in [-0.39, 0.29) is 0 Å². The van der Waals surface area contributed by atoms with Gasteiger partial charge in [-0.2, -0.15) is 0 Å². The van der Waals surface area contributed by atoms with Crippen LogP contribution in [-0.4, -0.2) is 4.98 Å². The van der Waals surface area contributed by atoms with E-state index in [9.17, 15) is 0 Å². The lowest BCUT2D eigenvalue weighted by Gasteiger charge is -1.98. The van der Waals surface area contributed by atoms with Gasteiger partial charge in [0.15, 0.2) is 12.0 Å². The van der Waals surface area contributed by atoms with Gasteiger partial charge in [-0.15, -0.1) is 0 Å². The van der Waals surface area contributed by atoms with Gasteiger partial charge in [0.1, 0.15) is 5.52 Å². The average Bonchev–Trinajstić information content (AvgIpc) is 3.19. The number of para-hydroxylation sites is 2. The number of nitrogens with zero attached hydrogens (tertiary/aromatic N) is 1. The maximum absolute atomic E-state index is 5.01. The number of rotatable bonds is 0. The Morgan fingerprint density at radius 3 is 1.95 bits per heavy atom. The zero-order valence-corrected chi connectivity index (χ0v) is 12.1. The molecule has 3 aromatic carbocycles. The third-order valence-corrected chi connectivity index (χ3v) is 3.94. The van der Waals surface area contributed by atoms with Crippen LogP contribution in [0.1, 0.15) is 11.1 Å². The summed E-state index contributed by atoms with van der Waals surface area (Å²) >= 11 is 0. The van der Waals surface area contributed by atoms with Crippen molar-refractivity contribution in [2.45, 2.75) is 6.42 Å². The molecule has 5 rings (SSSR count). The van der Waals surface area contributed by atoms with E-state index in [4.69, 9.17) is 4.42 Å². The quantitative estimate of drug-likeness (QED) is 0.396. The van der Waals surface area contributed by atoms with Crippen molar-refractivity contribution in [2.75, 3.05) is 0 Å². The normalized spacial score (nSPS) is 11.5. The Bertz CT molecular complexity index is 850. The Hall–Kier alpha value is -2.87. The highest BCUT2D eigenvalue weighted by atomic mass is 16.3. The molecule has 0 unspecified atom stereocenters. The van der Waals surface area contributed by atoms with Crippen molar-refractivity contribution < 1.29 is 4.42 Å². The topological polar surface area (TPSA) is 26.0 Å². The van der Waals surface area contributed by atoms with Gasteiger partial charge in [-0.05, 0) is 40.8 Å². The molecule has 0 radical (unpaired) electrons. The van der Waals surface area contributed by atoms with Crippen molar-refractivity contribution in [2.24, 2.45) is 0 Å². The van der Waals surface area contributed by atoms with Crippen molar-refractivity contribution in [3.05, 3.63) is 90.3 Å². The molecule has 1 heterocycles. The molecule has 0 spiro atoms. The molecule has 0 fully saturated rings. The van der Waals surface area contributed by atoms with E-state index in [1.165, 1.54) is 28.6 Å². The summed E-state index contributed by atoms with van der Waals surface area (Å²) in [5.41, 5.74) is 7.51. The van der Waals surface area contributed by atoms with Crippen molar-refractivity contribution >= 4 is 11.1 Å². The maximum atomic E-state index is 5.01. The molecule has 0 atom stereocenters. The second kappa shape index (κ2) is 5.49. The van der Waals surface area contributed by atoms with Gasteiger partial charge in [0.05, 0.1) is 0 Å². The van der Waals surface area contributed by atoms with Gasteiger partial charge in [0, 0.05) is 0 Å². The highest BCUT2D eigenvalue weighted by Crippen LogP contribution is 2.35. The minimum Gasteiger partial charge on any atom is -0.443 e. The van der Waals surface area contributed by atoms with Crippen LogP contribution in [0.25, 0.3) is 22.2 Å². The van der Waals surface area contributed by atoms with E-state index in [0.29, 0.717) is 0 Å². The van der Waals surface area contributed by atoms with Crippen molar-refractivity contribution in [1.29, 1.82) is 0 Å².